The van der Waals surface area contributed by atoms with Crippen molar-refractivity contribution in [2.24, 2.45) is 0 Å². The van der Waals surface area contributed by atoms with Gasteiger partial charge >= 0.3 is 0 Å². The zero-order chi connectivity index (χ0) is 14.9. The Kier molecular flexibility index (Phi) is 5.71. The van der Waals surface area contributed by atoms with Gasteiger partial charge in [0.05, 0.1) is 6.61 Å². The zero-order valence-electron chi connectivity index (χ0n) is 12.3. The highest BCUT2D eigenvalue weighted by molar-refractivity contribution is 5.48. The number of anilines is 1. The Hall–Kier alpha value is -2.42. The number of ether oxygens (including phenoxy) is 2. The van der Waals surface area contributed by atoms with Gasteiger partial charge in [0.15, 0.2) is 0 Å². The van der Waals surface area contributed by atoms with E-state index in [1.807, 2.05) is 43.3 Å². The predicted octanol–water partition coefficient (Wildman–Crippen LogP) is 4.26. The molecule has 0 amide bonds. The summed E-state index contributed by atoms with van der Waals surface area (Å²) in [7, 11) is 0. The molecule has 0 saturated carbocycles. The molecule has 0 saturated heterocycles. The van der Waals surface area contributed by atoms with E-state index in [4.69, 9.17) is 9.47 Å². The van der Waals surface area contributed by atoms with E-state index < -0.39 is 0 Å². The molecule has 110 valence electrons. The fraction of sp³-hybridized carbons (Fsp3) is 0.222. The Morgan fingerprint density at radius 3 is 2.57 bits per heavy atom. The van der Waals surface area contributed by atoms with Crippen LogP contribution in [0.2, 0.25) is 0 Å². The second kappa shape index (κ2) is 8.00. The van der Waals surface area contributed by atoms with Crippen LogP contribution in [0.25, 0.3) is 0 Å². The minimum absolute atomic E-state index is 0.530. The molecule has 0 aromatic heterocycles. The summed E-state index contributed by atoms with van der Waals surface area (Å²) in [4.78, 5) is 0. The molecular formula is C18H21NO2. The Morgan fingerprint density at radius 2 is 1.86 bits per heavy atom. The van der Waals surface area contributed by atoms with Gasteiger partial charge in [-0.15, -0.1) is 0 Å². The fourth-order valence-corrected chi connectivity index (χ4v) is 1.93. The first-order valence-corrected chi connectivity index (χ1v) is 7.11. The normalized spacial score (nSPS) is 9.95. The molecule has 0 heterocycles. The lowest BCUT2D eigenvalue weighted by molar-refractivity contribution is 0.340. The highest BCUT2D eigenvalue weighted by Crippen LogP contribution is 2.18. The van der Waals surface area contributed by atoms with E-state index in [2.05, 4.69) is 24.0 Å². The Labute approximate surface area is 126 Å². The molecule has 0 aliphatic heterocycles. The van der Waals surface area contributed by atoms with Crippen LogP contribution in [-0.2, 0) is 6.54 Å². The van der Waals surface area contributed by atoms with Crippen molar-refractivity contribution in [2.45, 2.75) is 13.5 Å². The summed E-state index contributed by atoms with van der Waals surface area (Å²) in [5.74, 6) is 1.74. The Bertz CT molecular complexity index is 564. The van der Waals surface area contributed by atoms with Gasteiger partial charge in [-0.1, -0.05) is 30.9 Å². The van der Waals surface area contributed by atoms with Crippen molar-refractivity contribution in [3.63, 3.8) is 0 Å². The van der Waals surface area contributed by atoms with Crippen LogP contribution in [0.3, 0.4) is 0 Å². The molecule has 0 aliphatic rings. The van der Waals surface area contributed by atoms with E-state index in [-0.39, 0.29) is 0 Å². The molecule has 0 radical (unpaired) electrons. The zero-order valence-corrected chi connectivity index (χ0v) is 12.3. The number of benzene rings is 2. The van der Waals surface area contributed by atoms with Gasteiger partial charge in [0.2, 0.25) is 0 Å². The summed E-state index contributed by atoms with van der Waals surface area (Å²) in [6, 6.07) is 16.0. The lowest BCUT2D eigenvalue weighted by Crippen LogP contribution is -2.00. The molecule has 3 nitrogen and oxygen atoms in total. The van der Waals surface area contributed by atoms with Gasteiger partial charge in [0.25, 0.3) is 0 Å². The highest BCUT2D eigenvalue weighted by atomic mass is 16.5. The molecule has 0 unspecified atom stereocenters. The molecule has 1 N–H and O–H groups in total. The Balaban J connectivity index is 1.90. The lowest BCUT2D eigenvalue weighted by Gasteiger charge is -2.09. The van der Waals surface area contributed by atoms with Crippen LogP contribution in [-0.4, -0.2) is 13.2 Å². The largest absolute Gasteiger partial charge is 0.494 e. The lowest BCUT2D eigenvalue weighted by atomic mass is 10.2. The van der Waals surface area contributed by atoms with E-state index in [9.17, 15) is 0 Å². The third kappa shape index (κ3) is 4.88. The van der Waals surface area contributed by atoms with Gasteiger partial charge in [-0.3, -0.25) is 0 Å². The summed E-state index contributed by atoms with van der Waals surface area (Å²) in [6.07, 6.45) is 1.74. The predicted molar refractivity (Wildman–Crippen MR) is 87.1 cm³/mol. The van der Waals surface area contributed by atoms with Crippen molar-refractivity contribution in [1.82, 2.24) is 0 Å². The SMILES string of the molecule is C=CCOc1ccc(CNc2cccc(OCC)c2)cc1. The molecule has 2 aromatic carbocycles. The summed E-state index contributed by atoms with van der Waals surface area (Å²) in [5, 5.41) is 3.39. The second-order valence-electron chi connectivity index (χ2n) is 4.56. The van der Waals surface area contributed by atoms with E-state index in [1.54, 1.807) is 6.08 Å². The minimum atomic E-state index is 0.530. The standard InChI is InChI=1S/C18H21NO2/c1-3-12-21-17-10-8-15(9-11-17)14-19-16-6-5-7-18(13-16)20-4-2/h3,5-11,13,19H,1,4,12,14H2,2H3. The van der Waals surface area contributed by atoms with Crippen LogP contribution >= 0.6 is 0 Å². The van der Waals surface area contributed by atoms with E-state index >= 15 is 0 Å². The van der Waals surface area contributed by atoms with Gasteiger partial charge in [-0.2, -0.15) is 0 Å². The smallest absolute Gasteiger partial charge is 0.121 e. The van der Waals surface area contributed by atoms with Crippen molar-refractivity contribution in [3.8, 4) is 11.5 Å². The topological polar surface area (TPSA) is 30.5 Å². The molecule has 21 heavy (non-hydrogen) atoms. The number of hydrogen-bond donors (Lipinski definition) is 1. The number of nitrogens with one attached hydrogen (secondary N) is 1. The van der Waals surface area contributed by atoms with E-state index in [0.717, 1.165) is 23.7 Å². The third-order valence-corrected chi connectivity index (χ3v) is 2.93. The van der Waals surface area contributed by atoms with E-state index in [0.29, 0.717) is 13.2 Å². The van der Waals surface area contributed by atoms with Crippen molar-refractivity contribution < 1.29 is 9.47 Å². The first-order valence-electron chi connectivity index (χ1n) is 7.11. The van der Waals surface area contributed by atoms with Crippen molar-refractivity contribution in [1.29, 1.82) is 0 Å². The van der Waals surface area contributed by atoms with Crippen LogP contribution in [0.4, 0.5) is 5.69 Å². The maximum Gasteiger partial charge on any atom is 0.121 e. The molecule has 0 aliphatic carbocycles. The number of rotatable bonds is 8. The summed E-state index contributed by atoms with van der Waals surface area (Å²) < 4.78 is 10.9. The quantitative estimate of drug-likeness (QED) is 0.734. The molecular weight excluding hydrogens is 262 g/mol. The van der Waals surface area contributed by atoms with E-state index in [1.165, 1.54) is 5.56 Å². The van der Waals surface area contributed by atoms with Crippen LogP contribution in [0.5, 0.6) is 11.5 Å². The van der Waals surface area contributed by atoms with Crippen LogP contribution < -0.4 is 14.8 Å². The Morgan fingerprint density at radius 1 is 1.05 bits per heavy atom. The number of hydrogen-bond acceptors (Lipinski definition) is 3. The molecule has 0 spiro atoms. The van der Waals surface area contributed by atoms with Gasteiger partial charge in [0.1, 0.15) is 18.1 Å². The molecule has 3 heteroatoms. The summed E-state index contributed by atoms with van der Waals surface area (Å²) >= 11 is 0. The van der Waals surface area contributed by atoms with Crippen LogP contribution in [0.1, 0.15) is 12.5 Å². The molecule has 0 bridgehead atoms. The highest BCUT2D eigenvalue weighted by Gasteiger charge is 1.98. The van der Waals surface area contributed by atoms with Crippen molar-refractivity contribution >= 4 is 5.69 Å². The van der Waals surface area contributed by atoms with Crippen molar-refractivity contribution in [3.05, 3.63) is 66.7 Å². The minimum Gasteiger partial charge on any atom is -0.494 e. The summed E-state index contributed by atoms with van der Waals surface area (Å²) in [5.41, 5.74) is 2.25. The maximum absolute atomic E-state index is 5.49. The van der Waals surface area contributed by atoms with Crippen LogP contribution in [0.15, 0.2) is 61.2 Å². The van der Waals surface area contributed by atoms with Gasteiger partial charge in [-0.05, 0) is 36.8 Å². The average Bonchev–Trinajstić information content (AvgIpc) is 2.53. The molecule has 2 aromatic rings. The van der Waals surface area contributed by atoms with Gasteiger partial charge < -0.3 is 14.8 Å². The first kappa shape index (κ1) is 15.0. The molecule has 0 fully saturated rings. The monoisotopic (exact) mass is 283 g/mol. The van der Waals surface area contributed by atoms with Crippen molar-refractivity contribution in [2.75, 3.05) is 18.5 Å². The first-order chi connectivity index (χ1) is 10.3. The summed E-state index contributed by atoms with van der Waals surface area (Å²) in [6.45, 7) is 7.58. The van der Waals surface area contributed by atoms with Gasteiger partial charge in [-0.25, -0.2) is 0 Å². The third-order valence-electron chi connectivity index (χ3n) is 2.93. The molecule has 2 rings (SSSR count). The maximum atomic E-state index is 5.49. The van der Waals surface area contributed by atoms with Gasteiger partial charge in [0, 0.05) is 18.3 Å². The second-order valence-corrected chi connectivity index (χ2v) is 4.56. The average molecular weight is 283 g/mol. The van der Waals surface area contributed by atoms with Crippen LogP contribution in [0, 0.1) is 0 Å². The fourth-order valence-electron chi connectivity index (χ4n) is 1.93. The molecule has 0 atom stereocenters.